The Morgan fingerprint density at radius 3 is 3.00 bits per heavy atom. The molecule has 3 rings (SSSR count). The van der Waals surface area contributed by atoms with E-state index >= 15 is 0 Å². The van der Waals surface area contributed by atoms with E-state index < -0.39 is 0 Å². The Balaban J connectivity index is 1.73. The van der Waals surface area contributed by atoms with Gasteiger partial charge in [-0.25, -0.2) is 0 Å². The summed E-state index contributed by atoms with van der Waals surface area (Å²) < 4.78 is 7.50. The fourth-order valence-corrected chi connectivity index (χ4v) is 2.87. The summed E-state index contributed by atoms with van der Waals surface area (Å²) in [5, 5.41) is 8.11. The van der Waals surface area contributed by atoms with E-state index in [0.29, 0.717) is 12.3 Å². The van der Waals surface area contributed by atoms with Crippen LogP contribution in [0.1, 0.15) is 47.8 Å². The van der Waals surface area contributed by atoms with Crippen molar-refractivity contribution in [3.63, 3.8) is 0 Å². The van der Waals surface area contributed by atoms with Gasteiger partial charge in [0.25, 0.3) is 5.91 Å². The van der Waals surface area contributed by atoms with Crippen LogP contribution < -0.4 is 0 Å². The van der Waals surface area contributed by atoms with Gasteiger partial charge in [0.05, 0.1) is 0 Å². The van der Waals surface area contributed by atoms with Gasteiger partial charge in [0.2, 0.25) is 0 Å². The molecule has 0 aromatic carbocycles. The summed E-state index contributed by atoms with van der Waals surface area (Å²) in [6.45, 7) is 3.46. The van der Waals surface area contributed by atoms with Crippen LogP contribution in [0.25, 0.3) is 0 Å². The SMILES string of the molecule is CCc1ccc(C(=O)N2CCCC(c3nncn3C)C2)o1. The molecule has 0 N–H and O–H groups in total. The molecule has 6 heteroatoms. The average Bonchev–Trinajstić information content (AvgIpc) is 3.15. The van der Waals surface area contributed by atoms with Crippen molar-refractivity contribution in [1.29, 1.82) is 0 Å². The van der Waals surface area contributed by atoms with Crippen LogP contribution in [-0.4, -0.2) is 38.7 Å². The van der Waals surface area contributed by atoms with Gasteiger partial charge < -0.3 is 13.9 Å². The third-order valence-electron chi connectivity index (χ3n) is 4.04. The maximum absolute atomic E-state index is 12.5. The second-order valence-corrected chi connectivity index (χ2v) is 5.51. The highest BCUT2D eigenvalue weighted by molar-refractivity contribution is 5.91. The fraction of sp³-hybridized carbons (Fsp3) is 0.533. The average molecular weight is 288 g/mol. The monoisotopic (exact) mass is 288 g/mol. The topological polar surface area (TPSA) is 64.2 Å². The van der Waals surface area contributed by atoms with Crippen LogP contribution in [0, 0.1) is 0 Å². The molecule has 112 valence electrons. The molecule has 21 heavy (non-hydrogen) atoms. The van der Waals surface area contributed by atoms with E-state index in [0.717, 1.165) is 37.4 Å². The number of aryl methyl sites for hydroxylation is 2. The molecule has 2 aromatic rings. The number of likely N-dealkylation sites (tertiary alicyclic amines) is 1. The summed E-state index contributed by atoms with van der Waals surface area (Å²) in [7, 11) is 1.94. The zero-order valence-corrected chi connectivity index (χ0v) is 12.5. The molecule has 1 atom stereocenters. The van der Waals surface area contributed by atoms with E-state index in [1.165, 1.54) is 0 Å². The van der Waals surface area contributed by atoms with Crippen molar-refractivity contribution in [2.75, 3.05) is 13.1 Å². The van der Waals surface area contributed by atoms with E-state index in [1.54, 1.807) is 12.4 Å². The molecule has 0 radical (unpaired) electrons. The molecular weight excluding hydrogens is 268 g/mol. The second kappa shape index (κ2) is 5.71. The Morgan fingerprint density at radius 1 is 1.48 bits per heavy atom. The van der Waals surface area contributed by atoms with Gasteiger partial charge in [0.1, 0.15) is 17.9 Å². The molecule has 1 aliphatic heterocycles. The number of carbonyl (C=O) groups excluding carboxylic acids is 1. The summed E-state index contributed by atoms with van der Waals surface area (Å²) in [5.74, 6) is 2.45. The summed E-state index contributed by atoms with van der Waals surface area (Å²) >= 11 is 0. The third kappa shape index (κ3) is 2.70. The standard InChI is InChI=1S/C15H20N4O2/c1-3-12-6-7-13(21-12)15(20)19-8-4-5-11(9-19)14-17-16-10-18(14)2/h6-7,10-11H,3-5,8-9H2,1-2H3. The fourth-order valence-electron chi connectivity index (χ4n) is 2.87. The lowest BCUT2D eigenvalue weighted by atomic mass is 9.97. The van der Waals surface area contributed by atoms with Crippen LogP contribution in [-0.2, 0) is 13.5 Å². The number of rotatable bonds is 3. The molecule has 1 unspecified atom stereocenters. The number of hydrogen-bond donors (Lipinski definition) is 0. The Bertz CT molecular complexity index is 631. The Hall–Kier alpha value is -2.11. The van der Waals surface area contributed by atoms with Crippen molar-refractivity contribution in [3.05, 3.63) is 35.8 Å². The summed E-state index contributed by atoms with van der Waals surface area (Å²) in [6.07, 6.45) is 4.52. The molecule has 1 aliphatic rings. The first-order valence-electron chi connectivity index (χ1n) is 7.41. The van der Waals surface area contributed by atoms with Crippen LogP contribution in [0.15, 0.2) is 22.9 Å². The van der Waals surface area contributed by atoms with Gasteiger partial charge >= 0.3 is 0 Å². The van der Waals surface area contributed by atoms with Crippen LogP contribution in [0.4, 0.5) is 0 Å². The number of amides is 1. The number of hydrogen-bond acceptors (Lipinski definition) is 4. The van der Waals surface area contributed by atoms with Crippen LogP contribution in [0.2, 0.25) is 0 Å². The first-order valence-corrected chi connectivity index (χ1v) is 7.41. The van der Waals surface area contributed by atoms with E-state index in [4.69, 9.17) is 4.42 Å². The first kappa shape index (κ1) is 13.9. The van der Waals surface area contributed by atoms with Crippen molar-refractivity contribution in [1.82, 2.24) is 19.7 Å². The highest BCUT2D eigenvalue weighted by Crippen LogP contribution is 2.26. The lowest BCUT2D eigenvalue weighted by molar-refractivity contribution is 0.0669. The minimum Gasteiger partial charge on any atom is -0.456 e. The quantitative estimate of drug-likeness (QED) is 0.866. The van der Waals surface area contributed by atoms with Crippen LogP contribution in [0.5, 0.6) is 0 Å². The normalized spacial score (nSPS) is 19.0. The van der Waals surface area contributed by atoms with Crippen molar-refractivity contribution in [2.45, 2.75) is 32.1 Å². The minimum atomic E-state index is -0.0263. The number of furan rings is 1. The van der Waals surface area contributed by atoms with Crippen LogP contribution in [0.3, 0.4) is 0 Å². The molecule has 1 fully saturated rings. The molecule has 0 bridgehead atoms. The molecule has 6 nitrogen and oxygen atoms in total. The molecule has 1 amide bonds. The highest BCUT2D eigenvalue weighted by atomic mass is 16.4. The largest absolute Gasteiger partial charge is 0.456 e. The number of aromatic nitrogens is 3. The predicted octanol–water partition coefficient (Wildman–Crippen LogP) is 1.99. The number of nitrogens with zero attached hydrogens (tertiary/aromatic N) is 4. The Labute approximate surface area is 123 Å². The van der Waals surface area contributed by atoms with Crippen molar-refractivity contribution >= 4 is 5.91 Å². The van der Waals surface area contributed by atoms with Gasteiger partial charge in [-0.05, 0) is 25.0 Å². The Morgan fingerprint density at radius 2 is 2.33 bits per heavy atom. The van der Waals surface area contributed by atoms with Gasteiger partial charge in [-0.2, -0.15) is 0 Å². The Kier molecular flexibility index (Phi) is 3.77. The molecule has 0 saturated carbocycles. The lowest BCUT2D eigenvalue weighted by Gasteiger charge is -2.31. The second-order valence-electron chi connectivity index (χ2n) is 5.51. The maximum Gasteiger partial charge on any atom is 0.289 e. The summed E-state index contributed by atoms with van der Waals surface area (Å²) in [6, 6.07) is 3.64. The molecule has 3 heterocycles. The van der Waals surface area contributed by atoms with E-state index in [-0.39, 0.29) is 11.8 Å². The summed E-state index contributed by atoms with van der Waals surface area (Å²) in [4.78, 5) is 14.4. The van der Waals surface area contributed by atoms with Gasteiger partial charge in [-0.15, -0.1) is 10.2 Å². The first-order chi connectivity index (χ1) is 10.2. The highest BCUT2D eigenvalue weighted by Gasteiger charge is 2.29. The van der Waals surface area contributed by atoms with E-state index in [2.05, 4.69) is 10.2 Å². The summed E-state index contributed by atoms with van der Waals surface area (Å²) in [5.41, 5.74) is 0. The van der Waals surface area contributed by atoms with E-state index in [1.807, 2.05) is 29.5 Å². The maximum atomic E-state index is 12.5. The third-order valence-corrected chi connectivity index (χ3v) is 4.04. The van der Waals surface area contributed by atoms with Crippen molar-refractivity contribution in [3.8, 4) is 0 Å². The van der Waals surface area contributed by atoms with E-state index in [9.17, 15) is 4.79 Å². The van der Waals surface area contributed by atoms with Crippen molar-refractivity contribution in [2.24, 2.45) is 7.05 Å². The predicted molar refractivity (Wildman–Crippen MR) is 77.0 cm³/mol. The zero-order valence-electron chi connectivity index (χ0n) is 12.5. The number of carbonyl (C=O) groups is 1. The molecule has 2 aromatic heterocycles. The molecular formula is C15H20N4O2. The molecule has 0 spiro atoms. The minimum absolute atomic E-state index is 0.0263. The smallest absolute Gasteiger partial charge is 0.289 e. The zero-order chi connectivity index (χ0) is 14.8. The van der Waals surface area contributed by atoms with Crippen molar-refractivity contribution < 1.29 is 9.21 Å². The van der Waals surface area contributed by atoms with Gasteiger partial charge in [0.15, 0.2) is 5.76 Å². The van der Waals surface area contributed by atoms with Gasteiger partial charge in [-0.3, -0.25) is 4.79 Å². The van der Waals surface area contributed by atoms with Gasteiger partial charge in [0, 0.05) is 32.5 Å². The van der Waals surface area contributed by atoms with Gasteiger partial charge in [-0.1, -0.05) is 6.92 Å². The van der Waals surface area contributed by atoms with Crippen LogP contribution >= 0.6 is 0 Å². The number of piperidine rings is 1. The molecule has 1 saturated heterocycles. The lowest BCUT2D eigenvalue weighted by Crippen LogP contribution is -2.39. The molecule has 0 aliphatic carbocycles.